The predicted molar refractivity (Wildman–Crippen MR) is 105 cm³/mol. The maximum atomic E-state index is 12.8. The minimum Gasteiger partial charge on any atom is -0.454 e. The molecule has 0 spiro atoms. The molecule has 1 atom stereocenters. The summed E-state index contributed by atoms with van der Waals surface area (Å²) in [4.78, 5) is 36.7. The van der Waals surface area contributed by atoms with E-state index in [1.807, 2.05) is 6.07 Å². The summed E-state index contributed by atoms with van der Waals surface area (Å²) in [6.45, 7) is 1.43. The number of nitrogens with zero attached hydrogens (tertiary/aromatic N) is 2. The Labute approximate surface area is 166 Å². The number of carbonyl (C=O) groups excluding carboxylic acids is 3. The number of carbonyl (C=O) groups is 3. The number of para-hydroxylation sites is 1. The Morgan fingerprint density at radius 3 is 2.48 bits per heavy atom. The van der Waals surface area contributed by atoms with Gasteiger partial charge in [-0.1, -0.05) is 18.2 Å². The molecule has 2 aliphatic rings. The largest absolute Gasteiger partial charge is 0.454 e. The highest BCUT2D eigenvalue weighted by molar-refractivity contribution is 6.44. The lowest BCUT2D eigenvalue weighted by Gasteiger charge is -2.20. The van der Waals surface area contributed by atoms with Crippen LogP contribution in [0.25, 0.3) is 0 Å². The third kappa shape index (κ3) is 3.49. The Morgan fingerprint density at radius 1 is 1.14 bits per heavy atom. The van der Waals surface area contributed by atoms with Crippen LogP contribution in [0.3, 0.4) is 0 Å². The molecule has 0 aromatic heterocycles. The molecule has 9 nitrogen and oxygen atoms in total. The number of ether oxygens (including phenoxy) is 2. The molecular weight excluding hydrogens is 376 g/mol. The molecule has 148 valence electrons. The summed E-state index contributed by atoms with van der Waals surface area (Å²) in [5, 5.41) is 8.42. The summed E-state index contributed by atoms with van der Waals surface area (Å²) in [6, 6.07) is 11.3. The zero-order chi connectivity index (χ0) is 20.5. The molecule has 2 aliphatic heterocycles. The number of nitrogens with one attached hydrogen (secondary N) is 1. The Kier molecular flexibility index (Phi) is 4.63. The number of rotatable bonds is 5. The fourth-order valence-electron chi connectivity index (χ4n) is 3.22. The Bertz CT molecular complexity index is 1030. The number of ketones is 1. The topological polar surface area (TPSA) is 123 Å². The molecule has 0 aliphatic carbocycles. The number of benzene rings is 2. The van der Waals surface area contributed by atoms with Gasteiger partial charge in [0.1, 0.15) is 11.8 Å². The standard InChI is InChI=1S/C20H18N4O5/c1-11(25)13-7-17-18(29-10-28-17)9-14(13)22-20(27)15-8-16(19(21)26)24(23-15)12-5-3-2-4-6-12/h2-7,9,16H,8,10H2,1H3,(H2,21,26)(H,22,27). The van der Waals surface area contributed by atoms with Crippen molar-refractivity contribution in [1.82, 2.24) is 0 Å². The van der Waals surface area contributed by atoms with Gasteiger partial charge in [0.15, 0.2) is 17.3 Å². The molecule has 0 fully saturated rings. The summed E-state index contributed by atoms with van der Waals surface area (Å²) >= 11 is 0. The highest BCUT2D eigenvalue weighted by atomic mass is 16.7. The van der Waals surface area contributed by atoms with Crippen LogP contribution in [-0.2, 0) is 9.59 Å². The van der Waals surface area contributed by atoms with Gasteiger partial charge in [-0.05, 0) is 25.1 Å². The van der Waals surface area contributed by atoms with Crippen LogP contribution in [0.1, 0.15) is 23.7 Å². The normalized spacial score (nSPS) is 17.1. The number of nitrogens with two attached hydrogens (primary N) is 1. The van der Waals surface area contributed by atoms with Crippen LogP contribution in [0.2, 0.25) is 0 Å². The van der Waals surface area contributed by atoms with Crippen molar-refractivity contribution >= 4 is 34.7 Å². The molecular formula is C20H18N4O5. The van der Waals surface area contributed by atoms with Crippen molar-refractivity contribution < 1.29 is 23.9 Å². The first-order chi connectivity index (χ1) is 13.9. The number of hydrogen-bond acceptors (Lipinski definition) is 7. The lowest BCUT2D eigenvalue weighted by atomic mass is 10.1. The van der Waals surface area contributed by atoms with Crippen molar-refractivity contribution in [3.63, 3.8) is 0 Å². The number of anilines is 2. The van der Waals surface area contributed by atoms with Gasteiger partial charge in [-0.3, -0.25) is 19.4 Å². The Balaban J connectivity index is 1.62. The third-order valence-corrected chi connectivity index (χ3v) is 4.66. The van der Waals surface area contributed by atoms with E-state index in [1.54, 1.807) is 24.3 Å². The SMILES string of the molecule is CC(=O)c1cc2c(cc1NC(=O)C1=NN(c3ccccc3)C(C(N)=O)C1)OCO2. The van der Waals surface area contributed by atoms with E-state index in [4.69, 9.17) is 15.2 Å². The molecule has 2 amide bonds. The van der Waals surface area contributed by atoms with E-state index in [1.165, 1.54) is 24.1 Å². The molecule has 0 saturated heterocycles. The zero-order valence-corrected chi connectivity index (χ0v) is 15.5. The second-order valence-corrected chi connectivity index (χ2v) is 6.61. The molecule has 1 unspecified atom stereocenters. The molecule has 4 rings (SSSR count). The van der Waals surface area contributed by atoms with Gasteiger partial charge in [0.05, 0.1) is 11.4 Å². The van der Waals surface area contributed by atoms with E-state index in [2.05, 4.69) is 10.4 Å². The maximum Gasteiger partial charge on any atom is 0.271 e. The van der Waals surface area contributed by atoms with Crippen LogP contribution in [0.4, 0.5) is 11.4 Å². The van der Waals surface area contributed by atoms with Crippen LogP contribution >= 0.6 is 0 Å². The van der Waals surface area contributed by atoms with Crippen molar-refractivity contribution in [3.05, 3.63) is 48.0 Å². The smallest absolute Gasteiger partial charge is 0.271 e. The average molecular weight is 394 g/mol. The van der Waals surface area contributed by atoms with Crippen molar-refractivity contribution in [2.75, 3.05) is 17.1 Å². The molecule has 2 aromatic carbocycles. The first-order valence-corrected chi connectivity index (χ1v) is 8.91. The molecule has 29 heavy (non-hydrogen) atoms. The lowest BCUT2D eigenvalue weighted by molar-refractivity contribution is -0.119. The summed E-state index contributed by atoms with van der Waals surface area (Å²) < 4.78 is 10.6. The summed E-state index contributed by atoms with van der Waals surface area (Å²) in [5.74, 6) is -0.494. The molecule has 3 N–H and O–H groups in total. The minimum atomic E-state index is -0.776. The monoisotopic (exact) mass is 394 g/mol. The van der Waals surface area contributed by atoms with Crippen LogP contribution in [0.5, 0.6) is 11.5 Å². The predicted octanol–water partition coefficient (Wildman–Crippen LogP) is 1.68. The van der Waals surface area contributed by atoms with E-state index < -0.39 is 17.9 Å². The molecule has 2 aromatic rings. The number of fused-ring (bicyclic) bond motifs is 1. The number of Topliss-reactive ketones (excluding diaryl/α,β-unsaturated/α-hetero) is 1. The number of hydrazone groups is 1. The van der Waals surface area contributed by atoms with Gasteiger partial charge in [-0.25, -0.2) is 0 Å². The summed E-state index contributed by atoms with van der Waals surface area (Å²) in [6.07, 6.45) is 0.0516. The summed E-state index contributed by atoms with van der Waals surface area (Å²) in [5.41, 5.74) is 6.85. The van der Waals surface area contributed by atoms with Gasteiger partial charge in [0.2, 0.25) is 12.7 Å². The quantitative estimate of drug-likeness (QED) is 0.744. The highest BCUT2D eigenvalue weighted by Gasteiger charge is 2.35. The van der Waals surface area contributed by atoms with Crippen molar-refractivity contribution in [3.8, 4) is 11.5 Å². The number of hydrogen-bond donors (Lipinski definition) is 2. The first kappa shape index (κ1) is 18.5. The second-order valence-electron chi connectivity index (χ2n) is 6.61. The van der Waals surface area contributed by atoms with Gasteiger partial charge in [-0.2, -0.15) is 5.10 Å². The van der Waals surface area contributed by atoms with E-state index in [0.717, 1.165) is 0 Å². The molecule has 2 heterocycles. The maximum absolute atomic E-state index is 12.8. The Hall–Kier alpha value is -3.88. The van der Waals surface area contributed by atoms with Gasteiger partial charge in [-0.15, -0.1) is 0 Å². The molecule has 0 bridgehead atoms. The summed E-state index contributed by atoms with van der Waals surface area (Å²) in [7, 11) is 0. The van der Waals surface area contributed by atoms with Gasteiger partial charge >= 0.3 is 0 Å². The molecule has 9 heteroatoms. The van der Waals surface area contributed by atoms with Crippen molar-refractivity contribution in [2.45, 2.75) is 19.4 Å². The number of amides is 2. The van der Waals surface area contributed by atoms with E-state index in [-0.39, 0.29) is 36.0 Å². The van der Waals surface area contributed by atoms with E-state index in [0.29, 0.717) is 17.2 Å². The lowest BCUT2D eigenvalue weighted by Crippen LogP contribution is -2.39. The third-order valence-electron chi connectivity index (χ3n) is 4.66. The molecule has 0 saturated carbocycles. The fraction of sp³-hybridized carbons (Fsp3) is 0.200. The van der Waals surface area contributed by atoms with Crippen LogP contribution in [0.15, 0.2) is 47.6 Å². The highest BCUT2D eigenvalue weighted by Crippen LogP contribution is 2.37. The van der Waals surface area contributed by atoms with Gasteiger partial charge in [0.25, 0.3) is 5.91 Å². The van der Waals surface area contributed by atoms with E-state index in [9.17, 15) is 14.4 Å². The number of primary amides is 1. The van der Waals surface area contributed by atoms with Crippen LogP contribution < -0.4 is 25.5 Å². The Morgan fingerprint density at radius 2 is 1.83 bits per heavy atom. The van der Waals surface area contributed by atoms with E-state index >= 15 is 0 Å². The van der Waals surface area contributed by atoms with Crippen molar-refractivity contribution in [1.29, 1.82) is 0 Å². The van der Waals surface area contributed by atoms with Gasteiger partial charge in [0, 0.05) is 18.1 Å². The van der Waals surface area contributed by atoms with Gasteiger partial charge < -0.3 is 20.5 Å². The van der Waals surface area contributed by atoms with Crippen molar-refractivity contribution in [2.24, 2.45) is 10.8 Å². The first-order valence-electron chi connectivity index (χ1n) is 8.91. The average Bonchev–Trinajstić information content (AvgIpc) is 3.34. The molecule has 0 radical (unpaired) electrons. The second kappa shape index (κ2) is 7.27. The van der Waals surface area contributed by atoms with Crippen LogP contribution in [-0.4, -0.2) is 36.1 Å². The zero-order valence-electron chi connectivity index (χ0n) is 15.5. The fourth-order valence-corrected chi connectivity index (χ4v) is 3.22. The minimum absolute atomic E-state index is 0.0448. The van der Waals surface area contributed by atoms with Crippen LogP contribution in [0, 0.1) is 0 Å².